The average Bonchev–Trinajstić information content (AvgIpc) is 2.30. The highest BCUT2D eigenvalue weighted by Crippen LogP contribution is 2.49. The van der Waals surface area contributed by atoms with Crippen LogP contribution in [0.25, 0.3) is 0 Å². The molecule has 0 heterocycles. The Morgan fingerprint density at radius 2 is 1.65 bits per heavy atom. The fourth-order valence-electron chi connectivity index (χ4n) is 1.10. The second kappa shape index (κ2) is 6.49. The lowest BCUT2D eigenvalue weighted by Crippen LogP contribution is -2.02. The molecule has 1 aromatic carbocycles. The first-order chi connectivity index (χ1) is 8.13. The summed E-state index contributed by atoms with van der Waals surface area (Å²) < 4.78 is 27.0. The van der Waals surface area contributed by atoms with Crippen LogP contribution < -0.4 is 4.52 Å². The van der Waals surface area contributed by atoms with E-state index in [-0.39, 0.29) is 18.9 Å². The quantitative estimate of drug-likeness (QED) is 0.552. The van der Waals surface area contributed by atoms with E-state index in [1.165, 1.54) is 24.3 Å². The predicted molar refractivity (Wildman–Crippen MR) is 63.4 cm³/mol. The molecule has 0 aliphatic carbocycles. The highest BCUT2D eigenvalue weighted by Gasteiger charge is 2.27. The number of nitroso groups, excluding NO2 is 1. The molecule has 1 aromatic rings. The standard InChI is InChI=1S/C10H14NO5P/c1-3-14-17(13,15-4-2)16-10-7-5-9(11-12)6-8-10/h5-8H,3-4H2,1-2H3. The molecule has 0 saturated carbocycles. The van der Waals surface area contributed by atoms with Crippen molar-refractivity contribution in [2.75, 3.05) is 13.2 Å². The number of phosphoric acid groups is 1. The van der Waals surface area contributed by atoms with Gasteiger partial charge in [0.05, 0.1) is 13.2 Å². The summed E-state index contributed by atoms with van der Waals surface area (Å²) in [6.07, 6.45) is 0. The Kier molecular flexibility index (Phi) is 5.28. The van der Waals surface area contributed by atoms with Crippen molar-refractivity contribution in [2.24, 2.45) is 5.18 Å². The fourth-order valence-corrected chi connectivity index (χ4v) is 2.30. The van der Waals surface area contributed by atoms with Gasteiger partial charge in [-0.3, -0.25) is 9.05 Å². The van der Waals surface area contributed by atoms with Gasteiger partial charge in [0.1, 0.15) is 11.4 Å². The average molecular weight is 259 g/mol. The second-order valence-electron chi connectivity index (χ2n) is 2.96. The molecule has 1 rings (SSSR count). The maximum absolute atomic E-state index is 12.0. The SMILES string of the molecule is CCOP(=O)(OCC)Oc1ccc(N=O)cc1. The molecule has 94 valence electrons. The van der Waals surface area contributed by atoms with Crippen molar-refractivity contribution in [3.05, 3.63) is 29.2 Å². The summed E-state index contributed by atoms with van der Waals surface area (Å²) >= 11 is 0. The van der Waals surface area contributed by atoms with Gasteiger partial charge in [-0.25, -0.2) is 4.57 Å². The molecular formula is C10H14NO5P. The highest BCUT2D eigenvalue weighted by atomic mass is 31.2. The molecule has 0 radical (unpaired) electrons. The minimum atomic E-state index is -3.57. The zero-order valence-corrected chi connectivity index (χ0v) is 10.6. The van der Waals surface area contributed by atoms with Crippen LogP contribution in [-0.2, 0) is 13.6 Å². The first kappa shape index (κ1) is 13.8. The van der Waals surface area contributed by atoms with Gasteiger partial charge in [-0.1, -0.05) is 0 Å². The van der Waals surface area contributed by atoms with E-state index < -0.39 is 7.82 Å². The smallest absolute Gasteiger partial charge is 0.404 e. The summed E-state index contributed by atoms with van der Waals surface area (Å²) in [5, 5.41) is 2.74. The monoisotopic (exact) mass is 259 g/mol. The number of hydrogen-bond acceptors (Lipinski definition) is 6. The first-order valence-corrected chi connectivity index (χ1v) is 6.61. The van der Waals surface area contributed by atoms with Gasteiger partial charge in [0.2, 0.25) is 0 Å². The molecule has 7 heteroatoms. The minimum Gasteiger partial charge on any atom is -0.404 e. The van der Waals surface area contributed by atoms with E-state index in [0.717, 1.165) is 0 Å². The van der Waals surface area contributed by atoms with Crippen LogP contribution in [0, 0.1) is 4.91 Å². The molecule has 0 aliphatic heterocycles. The molecular weight excluding hydrogens is 245 g/mol. The van der Waals surface area contributed by atoms with E-state index in [1.807, 2.05) is 0 Å². The van der Waals surface area contributed by atoms with Crippen molar-refractivity contribution in [3.8, 4) is 5.75 Å². The molecule has 0 unspecified atom stereocenters. The van der Waals surface area contributed by atoms with Crippen molar-refractivity contribution in [2.45, 2.75) is 13.8 Å². The highest BCUT2D eigenvalue weighted by molar-refractivity contribution is 7.48. The van der Waals surface area contributed by atoms with Crippen molar-refractivity contribution in [3.63, 3.8) is 0 Å². The van der Waals surface area contributed by atoms with Gasteiger partial charge in [0, 0.05) is 0 Å². The van der Waals surface area contributed by atoms with E-state index in [1.54, 1.807) is 13.8 Å². The van der Waals surface area contributed by atoms with Crippen molar-refractivity contribution in [1.29, 1.82) is 0 Å². The van der Waals surface area contributed by atoms with E-state index >= 15 is 0 Å². The van der Waals surface area contributed by atoms with Crippen LogP contribution in [-0.4, -0.2) is 13.2 Å². The zero-order valence-electron chi connectivity index (χ0n) is 9.66. The Balaban J connectivity index is 2.78. The van der Waals surface area contributed by atoms with Crippen LogP contribution >= 0.6 is 7.82 Å². The lowest BCUT2D eigenvalue weighted by Gasteiger charge is -2.16. The van der Waals surface area contributed by atoms with Crippen LogP contribution in [0.3, 0.4) is 0 Å². The zero-order chi connectivity index (χ0) is 12.7. The molecule has 6 nitrogen and oxygen atoms in total. The minimum absolute atomic E-state index is 0.214. The Morgan fingerprint density at radius 3 is 2.06 bits per heavy atom. The predicted octanol–water partition coefficient (Wildman–Crippen LogP) is 3.64. The number of hydrogen-bond donors (Lipinski definition) is 0. The Bertz CT molecular complexity index is 396. The maximum Gasteiger partial charge on any atom is 0.530 e. The molecule has 0 aliphatic rings. The molecule has 0 atom stereocenters. The van der Waals surface area contributed by atoms with Gasteiger partial charge < -0.3 is 4.52 Å². The Labute approximate surface area is 99.5 Å². The van der Waals surface area contributed by atoms with E-state index in [2.05, 4.69) is 5.18 Å². The second-order valence-corrected chi connectivity index (χ2v) is 4.55. The van der Waals surface area contributed by atoms with Gasteiger partial charge in [-0.05, 0) is 43.3 Å². The van der Waals surface area contributed by atoms with Crippen LogP contribution in [0.4, 0.5) is 5.69 Å². The number of benzene rings is 1. The van der Waals surface area contributed by atoms with Gasteiger partial charge in [0.25, 0.3) is 0 Å². The molecule has 0 spiro atoms. The fraction of sp³-hybridized carbons (Fsp3) is 0.400. The molecule has 0 bridgehead atoms. The van der Waals surface area contributed by atoms with Crippen molar-refractivity contribution >= 4 is 13.5 Å². The van der Waals surface area contributed by atoms with Gasteiger partial charge in [-0.2, -0.15) is 0 Å². The molecule has 0 N–H and O–H groups in total. The van der Waals surface area contributed by atoms with Crippen LogP contribution in [0.2, 0.25) is 0 Å². The third-order valence-electron chi connectivity index (χ3n) is 1.73. The first-order valence-electron chi connectivity index (χ1n) is 5.15. The van der Waals surface area contributed by atoms with Gasteiger partial charge in [-0.15, -0.1) is 4.91 Å². The summed E-state index contributed by atoms with van der Waals surface area (Å²) in [4.78, 5) is 10.2. The third-order valence-corrected chi connectivity index (χ3v) is 3.32. The van der Waals surface area contributed by atoms with E-state index in [9.17, 15) is 9.47 Å². The third kappa shape index (κ3) is 4.26. The number of nitrogens with zero attached hydrogens (tertiary/aromatic N) is 1. The van der Waals surface area contributed by atoms with Crippen LogP contribution in [0.1, 0.15) is 13.8 Å². The largest absolute Gasteiger partial charge is 0.530 e. The van der Waals surface area contributed by atoms with Crippen LogP contribution in [0.5, 0.6) is 5.75 Å². The maximum atomic E-state index is 12.0. The molecule has 17 heavy (non-hydrogen) atoms. The molecule has 0 saturated heterocycles. The Hall–Kier alpha value is -1.23. The number of rotatable bonds is 7. The molecule has 0 aromatic heterocycles. The summed E-state index contributed by atoms with van der Waals surface area (Å²) in [6.45, 7) is 3.80. The van der Waals surface area contributed by atoms with Gasteiger partial charge >= 0.3 is 7.82 Å². The Morgan fingerprint density at radius 1 is 1.12 bits per heavy atom. The molecule has 0 fully saturated rings. The van der Waals surface area contributed by atoms with Crippen molar-refractivity contribution in [1.82, 2.24) is 0 Å². The van der Waals surface area contributed by atoms with Gasteiger partial charge in [0.15, 0.2) is 0 Å². The van der Waals surface area contributed by atoms with Crippen LogP contribution in [0.15, 0.2) is 29.4 Å². The lowest BCUT2D eigenvalue weighted by atomic mass is 10.3. The van der Waals surface area contributed by atoms with E-state index in [0.29, 0.717) is 5.75 Å². The normalized spacial score (nSPS) is 11.2. The summed E-state index contributed by atoms with van der Waals surface area (Å²) in [5.41, 5.74) is 0.264. The number of phosphoric ester groups is 1. The summed E-state index contributed by atoms with van der Waals surface area (Å²) in [5.74, 6) is 0.294. The summed E-state index contributed by atoms with van der Waals surface area (Å²) in [7, 11) is -3.57. The van der Waals surface area contributed by atoms with E-state index in [4.69, 9.17) is 13.6 Å². The topological polar surface area (TPSA) is 74.2 Å². The summed E-state index contributed by atoms with van der Waals surface area (Å²) in [6, 6.07) is 5.85. The van der Waals surface area contributed by atoms with Crippen molar-refractivity contribution < 1.29 is 18.1 Å². The molecule has 0 amide bonds. The lowest BCUT2D eigenvalue weighted by molar-refractivity contribution is 0.167.